The number of rotatable bonds is 4. The predicted octanol–water partition coefficient (Wildman–Crippen LogP) is 4.03. The second-order valence-electron chi connectivity index (χ2n) is 4.40. The molecule has 2 nitrogen and oxygen atoms in total. The number of amides is 1. The Hall–Kier alpha value is -1.74. The Kier molecular flexibility index (Phi) is 4.63. The maximum Gasteiger partial charge on any atom is 0.234 e. The molecular weight excluding hydrogens is 254 g/mol. The zero-order valence-electron chi connectivity index (χ0n) is 11.1. The monoisotopic (exact) mass is 271 g/mol. The first kappa shape index (κ1) is 13.7. The van der Waals surface area contributed by atoms with Crippen molar-refractivity contribution in [2.45, 2.75) is 18.7 Å². The fourth-order valence-corrected chi connectivity index (χ4v) is 2.46. The molecule has 0 heterocycles. The van der Waals surface area contributed by atoms with Gasteiger partial charge in [0.25, 0.3) is 0 Å². The third-order valence-corrected chi connectivity index (χ3v) is 4.00. The highest BCUT2D eigenvalue weighted by Gasteiger charge is 2.06. The summed E-state index contributed by atoms with van der Waals surface area (Å²) in [7, 11) is 0. The summed E-state index contributed by atoms with van der Waals surface area (Å²) in [6.45, 7) is 4.07. The van der Waals surface area contributed by atoms with Crippen LogP contribution in [0.3, 0.4) is 0 Å². The Morgan fingerprint density at radius 3 is 2.53 bits per heavy atom. The van der Waals surface area contributed by atoms with E-state index in [1.165, 1.54) is 5.56 Å². The van der Waals surface area contributed by atoms with Crippen molar-refractivity contribution >= 4 is 23.4 Å². The van der Waals surface area contributed by atoms with E-state index in [-0.39, 0.29) is 5.91 Å². The molecule has 2 aromatic carbocycles. The first-order valence-electron chi connectivity index (χ1n) is 6.21. The molecule has 0 saturated carbocycles. The summed E-state index contributed by atoms with van der Waals surface area (Å²) in [5, 5.41) is 2.96. The smallest absolute Gasteiger partial charge is 0.234 e. The molecule has 19 heavy (non-hydrogen) atoms. The van der Waals surface area contributed by atoms with Crippen LogP contribution < -0.4 is 5.32 Å². The summed E-state index contributed by atoms with van der Waals surface area (Å²) in [6, 6.07) is 15.9. The van der Waals surface area contributed by atoms with Crippen LogP contribution in [0.4, 0.5) is 5.69 Å². The molecule has 2 rings (SSSR count). The van der Waals surface area contributed by atoms with E-state index in [9.17, 15) is 4.79 Å². The Labute approximate surface area is 118 Å². The van der Waals surface area contributed by atoms with Gasteiger partial charge in [-0.25, -0.2) is 0 Å². The van der Waals surface area contributed by atoms with Crippen molar-refractivity contribution < 1.29 is 4.79 Å². The van der Waals surface area contributed by atoms with E-state index < -0.39 is 0 Å². The van der Waals surface area contributed by atoms with Crippen molar-refractivity contribution in [2.75, 3.05) is 11.1 Å². The van der Waals surface area contributed by atoms with E-state index in [0.29, 0.717) is 5.75 Å². The van der Waals surface area contributed by atoms with Gasteiger partial charge >= 0.3 is 0 Å². The maximum atomic E-state index is 11.9. The van der Waals surface area contributed by atoms with E-state index in [2.05, 4.69) is 5.32 Å². The van der Waals surface area contributed by atoms with E-state index in [4.69, 9.17) is 0 Å². The van der Waals surface area contributed by atoms with Crippen LogP contribution in [0.15, 0.2) is 53.4 Å². The number of carbonyl (C=O) groups excluding carboxylic acids is 1. The van der Waals surface area contributed by atoms with Gasteiger partial charge in [0.2, 0.25) is 5.91 Å². The lowest BCUT2D eigenvalue weighted by molar-refractivity contribution is -0.113. The van der Waals surface area contributed by atoms with Crippen molar-refractivity contribution in [3.8, 4) is 0 Å². The Balaban J connectivity index is 1.93. The first-order valence-corrected chi connectivity index (χ1v) is 7.19. The molecule has 0 aromatic heterocycles. The molecule has 0 aliphatic heterocycles. The SMILES string of the molecule is Cc1cccc(NC(=O)CSc2ccccc2)c1C. The zero-order chi connectivity index (χ0) is 13.7. The van der Waals surface area contributed by atoms with Gasteiger partial charge in [0.05, 0.1) is 5.75 Å². The van der Waals surface area contributed by atoms with E-state index in [1.54, 1.807) is 11.8 Å². The highest BCUT2D eigenvalue weighted by molar-refractivity contribution is 8.00. The second kappa shape index (κ2) is 6.43. The molecule has 98 valence electrons. The lowest BCUT2D eigenvalue weighted by atomic mass is 10.1. The zero-order valence-corrected chi connectivity index (χ0v) is 12.0. The minimum Gasteiger partial charge on any atom is -0.325 e. The predicted molar refractivity (Wildman–Crippen MR) is 81.7 cm³/mol. The summed E-state index contributed by atoms with van der Waals surface area (Å²) < 4.78 is 0. The standard InChI is InChI=1S/C16H17NOS/c1-12-7-6-10-15(13(12)2)17-16(18)11-19-14-8-4-3-5-9-14/h3-10H,11H2,1-2H3,(H,17,18). The van der Waals surface area contributed by atoms with Gasteiger partial charge in [0.15, 0.2) is 0 Å². The molecule has 0 spiro atoms. The van der Waals surface area contributed by atoms with Gasteiger partial charge in [-0.2, -0.15) is 0 Å². The Morgan fingerprint density at radius 1 is 1.05 bits per heavy atom. The Bertz CT molecular complexity index is 566. The average Bonchev–Trinajstić information content (AvgIpc) is 2.43. The van der Waals surface area contributed by atoms with Crippen molar-refractivity contribution in [3.63, 3.8) is 0 Å². The van der Waals surface area contributed by atoms with Gasteiger partial charge in [-0.05, 0) is 43.2 Å². The fraction of sp³-hybridized carbons (Fsp3) is 0.188. The highest BCUT2D eigenvalue weighted by Crippen LogP contribution is 2.20. The normalized spacial score (nSPS) is 10.2. The molecule has 0 fully saturated rings. The number of hydrogen-bond donors (Lipinski definition) is 1. The summed E-state index contributed by atoms with van der Waals surface area (Å²) in [5.41, 5.74) is 3.22. The molecule has 0 saturated heterocycles. The van der Waals surface area contributed by atoms with Crippen LogP contribution >= 0.6 is 11.8 Å². The number of nitrogens with one attached hydrogen (secondary N) is 1. The lowest BCUT2D eigenvalue weighted by Gasteiger charge is -2.10. The van der Waals surface area contributed by atoms with Crippen LogP contribution in [0.2, 0.25) is 0 Å². The summed E-state index contributed by atoms with van der Waals surface area (Å²) >= 11 is 1.55. The van der Waals surface area contributed by atoms with Crippen molar-refractivity contribution in [3.05, 3.63) is 59.7 Å². The van der Waals surface area contributed by atoms with Crippen LogP contribution in [0, 0.1) is 13.8 Å². The molecule has 3 heteroatoms. The quantitative estimate of drug-likeness (QED) is 0.850. The second-order valence-corrected chi connectivity index (χ2v) is 5.45. The molecule has 0 radical (unpaired) electrons. The molecule has 2 aromatic rings. The lowest BCUT2D eigenvalue weighted by Crippen LogP contribution is -2.15. The number of anilines is 1. The summed E-state index contributed by atoms with van der Waals surface area (Å²) in [4.78, 5) is 13.0. The van der Waals surface area contributed by atoms with Crippen molar-refractivity contribution in [1.29, 1.82) is 0 Å². The molecule has 0 aliphatic carbocycles. The van der Waals surface area contributed by atoms with Gasteiger partial charge < -0.3 is 5.32 Å². The summed E-state index contributed by atoms with van der Waals surface area (Å²) in [5.74, 6) is 0.458. The minimum atomic E-state index is 0.0301. The largest absolute Gasteiger partial charge is 0.325 e. The first-order chi connectivity index (χ1) is 9.16. The summed E-state index contributed by atoms with van der Waals surface area (Å²) in [6.07, 6.45) is 0. The molecule has 1 N–H and O–H groups in total. The number of hydrogen-bond acceptors (Lipinski definition) is 2. The van der Waals surface area contributed by atoms with Gasteiger partial charge in [0.1, 0.15) is 0 Å². The molecule has 0 atom stereocenters. The minimum absolute atomic E-state index is 0.0301. The molecule has 0 unspecified atom stereocenters. The number of benzene rings is 2. The maximum absolute atomic E-state index is 11.9. The van der Waals surface area contributed by atoms with Gasteiger partial charge in [-0.3, -0.25) is 4.79 Å². The van der Waals surface area contributed by atoms with Crippen LogP contribution in [0.5, 0.6) is 0 Å². The fourth-order valence-electron chi connectivity index (χ4n) is 1.74. The van der Waals surface area contributed by atoms with E-state index >= 15 is 0 Å². The number of aryl methyl sites for hydroxylation is 1. The van der Waals surface area contributed by atoms with Crippen LogP contribution in [0.1, 0.15) is 11.1 Å². The van der Waals surface area contributed by atoms with E-state index in [0.717, 1.165) is 16.1 Å². The van der Waals surface area contributed by atoms with Crippen molar-refractivity contribution in [1.82, 2.24) is 0 Å². The van der Waals surface area contributed by atoms with Crippen molar-refractivity contribution in [2.24, 2.45) is 0 Å². The molecule has 0 bridgehead atoms. The molecule has 1 amide bonds. The van der Waals surface area contributed by atoms with Gasteiger partial charge in [-0.15, -0.1) is 11.8 Å². The van der Waals surface area contributed by atoms with Crippen LogP contribution in [-0.4, -0.2) is 11.7 Å². The number of thioether (sulfide) groups is 1. The third-order valence-electron chi connectivity index (χ3n) is 2.99. The molecule has 0 aliphatic rings. The van der Waals surface area contributed by atoms with Crippen LogP contribution in [-0.2, 0) is 4.79 Å². The Morgan fingerprint density at radius 2 is 1.79 bits per heavy atom. The van der Waals surface area contributed by atoms with Gasteiger partial charge in [-0.1, -0.05) is 30.3 Å². The third kappa shape index (κ3) is 3.86. The van der Waals surface area contributed by atoms with E-state index in [1.807, 2.05) is 62.4 Å². The number of carbonyl (C=O) groups is 1. The highest BCUT2D eigenvalue weighted by atomic mass is 32.2. The van der Waals surface area contributed by atoms with Crippen LogP contribution in [0.25, 0.3) is 0 Å². The average molecular weight is 271 g/mol. The topological polar surface area (TPSA) is 29.1 Å². The molecular formula is C16H17NOS. The van der Waals surface area contributed by atoms with Gasteiger partial charge in [0, 0.05) is 10.6 Å².